The van der Waals surface area contributed by atoms with Crippen LogP contribution in [-0.4, -0.2) is 36.9 Å². The summed E-state index contributed by atoms with van der Waals surface area (Å²) in [6.07, 6.45) is 1.57. The molecule has 1 amide bonds. The average Bonchev–Trinajstić information content (AvgIpc) is 3.09. The summed E-state index contributed by atoms with van der Waals surface area (Å²) >= 11 is 1.04. The maximum atomic E-state index is 12.9. The van der Waals surface area contributed by atoms with Crippen molar-refractivity contribution in [1.82, 2.24) is 9.97 Å². The molecule has 0 saturated carbocycles. The second-order valence-corrected chi connectivity index (χ2v) is 8.85. The number of alkyl halides is 3. The lowest BCUT2D eigenvalue weighted by Gasteiger charge is -2.13. The van der Waals surface area contributed by atoms with E-state index < -0.39 is 26.1 Å². The van der Waals surface area contributed by atoms with Crippen LogP contribution in [0.3, 0.4) is 0 Å². The van der Waals surface area contributed by atoms with Crippen molar-refractivity contribution in [2.45, 2.75) is 17.3 Å². The van der Waals surface area contributed by atoms with E-state index in [1.807, 2.05) is 0 Å². The van der Waals surface area contributed by atoms with E-state index in [4.69, 9.17) is 4.74 Å². The van der Waals surface area contributed by atoms with Crippen LogP contribution in [0.2, 0.25) is 0 Å². The first-order valence-electron chi connectivity index (χ1n) is 8.24. The Balaban J connectivity index is 1.96. The molecule has 0 unspecified atom stereocenters. The van der Waals surface area contributed by atoms with Crippen molar-refractivity contribution in [2.24, 2.45) is 0 Å². The minimum absolute atomic E-state index is 0.00316. The summed E-state index contributed by atoms with van der Waals surface area (Å²) in [7, 11) is -4.35. The van der Waals surface area contributed by atoms with Crippen LogP contribution in [0, 0.1) is 6.92 Å². The first kappa shape index (κ1) is 21.7. The molecule has 0 spiro atoms. The third-order valence-corrected chi connectivity index (χ3v) is 6.58. The second-order valence-electron chi connectivity index (χ2n) is 5.91. The van der Waals surface area contributed by atoms with Gasteiger partial charge in [-0.05, 0) is 37.3 Å². The number of hydrogen-bond acceptors (Lipinski definition) is 7. The fourth-order valence-corrected chi connectivity index (χ4v) is 4.20. The molecule has 1 N–H and O–H groups in total. The van der Waals surface area contributed by atoms with Gasteiger partial charge in [0.15, 0.2) is 0 Å². The second kappa shape index (κ2) is 8.03. The molecule has 3 aromatic rings. The molecule has 12 heteroatoms. The molecule has 0 aliphatic rings. The molecule has 7 nitrogen and oxygen atoms in total. The van der Waals surface area contributed by atoms with Crippen molar-refractivity contribution in [3.8, 4) is 16.5 Å². The Morgan fingerprint density at radius 1 is 1.20 bits per heavy atom. The molecule has 0 atom stereocenters. The lowest BCUT2D eigenvalue weighted by Crippen LogP contribution is -2.23. The molecule has 30 heavy (non-hydrogen) atoms. The predicted octanol–water partition coefficient (Wildman–Crippen LogP) is 4.07. The minimum atomic E-state index is -5.59. The number of halogens is 3. The van der Waals surface area contributed by atoms with Crippen molar-refractivity contribution >= 4 is 32.8 Å². The van der Waals surface area contributed by atoms with Gasteiger partial charge in [-0.2, -0.15) is 13.2 Å². The van der Waals surface area contributed by atoms with E-state index in [2.05, 4.69) is 15.3 Å². The third-order valence-electron chi connectivity index (χ3n) is 3.92. The van der Waals surface area contributed by atoms with Crippen LogP contribution >= 0.6 is 11.3 Å². The van der Waals surface area contributed by atoms with Gasteiger partial charge in [0.25, 0.3) is 15.7 Å². The zero-order chi connectivity index (χ0) is 22.1. The van der Waals surface area contributed by atoms with Crippen molar-refractivity contribution in [2.75, 3.05) is 12.4 Å². The Morgan fingerprint density at radius 2 is 1.93 bits per heavy atom. The van der Waals surface area contributed by atoms with E-state index in [-0.39, 0.29) is 16.3 Å². The summed E-state index contributed by atoms with van der Waals surface area (Å²) in [5, 5.41) is 2.89. The van der Waals surface area contributed by atoms with E-state index in [1.165, 1.54) is 7.11 Å². The molecule has 3 rings (SSSR count). The number of thiazole rings is 1. The highest BCUT2D eigenvalue weighted by atomic mass is 32.2. The molecule has 0 bridgehead atoms. The van der Waals surface area contributed by atoms with E-state index in [0.29, 0.717) is 22.5 Å². The van der Waals surface area contributed by atoms with Crippen molar-refractivity contribution in [3.05, 3.63) is 53.2 Å². The predicted molar refractivity (Wildman–Crippen MR) is 104 cm³/mol. The molecule has 1 aromatic carbocycles. The van der Waals surface area contributed by atoms with Crippen molar-refractivity contribution < 1.29 is 31.1 Å². The van der Waals surface area contributed by atoms with E-state index in [1.54, 1.807) is 31.3 Å². The van der Waals surface area contributed by atoms with Gasteiger partial charge in [0, 0.05) is 6.20 Å². The van der Waals surface area contributed by atoms with Gasteiger partial charge in [0.2, 0.25) is 0 Å². The number of carbonyl (C=O) groups is 1. The summed E-state index contributed by atoms with van der Waals surface area (Å²) in [5.74, 6) is -0.677. The van der Waals surface area contributed by atoms with Crippen LogP contribution in [0.15, 0.2) is 47.5 Å². The molecule has 0 fully saturated rings. The first-order valence-corrected chi connectivity index (χ1v) is 10.5. The summed E-state index contributed by atoms with van der Waals surface area (Å²) in [5.41, 5.74) is -4.76. The number of methoxy groups -OCH3 is 1. The van der Waals surface area contributed by atoms with Gasteiger partial charge in [-0.25, -0.2) is 13.4 Å². The number of carbonyl (C=O) groups excluding carboxylic acids is 1. The molecule has 0 radical (unpaired) electrons. The number of benzene rings is 1. The van der Waals surface area contributed by atoms with Gasteiger partial charge >= 0.3 is 5.51 Å². The quantitative estimate of drug-likeness (QED) is 0.620. The smallest absolute Gasteiger partial charge is 0.495 e. The van der Waals surface area contributed by atoms with Crippen LogP contribution in [0.4, 0.5) is 18.9 Å². The van der Waals surface area contributed by atoms with Crippen LogP contribution in [0.1, 0.15) is 15.4 Å². The Morgan fingerprint density at radius 3 is 2.53 bits per heavy atom. The van der Waals surface area contributed by atoms with E-state index >= 15 is 0 Å². The van der Waals surface area contributed by atoms with Crippen LogP contribution in [0.25, 0.3) is 10.7 Å². The first-order chi connectivity index (χ1) is 14.0. The highest BCUT2D eigenvalue weighted by Gasteiger charge is 2.47. The number of nitrogens with zero attached hydrogens (tertiary/aromatic N) is 2. The molecule has 0 saturated heterocycles. The highest BCUT2D eigenvalue weighted by molar-refractivity contribution is 7.92. The summed E-state index contributed by atoms with van der Waals surface area (Å²) in [4.78, 5) is 20.4. The number of anilines is 1. The van der Waals surface area contributed by atoms with Crippen molar-refractivity contribution in [3.63, 3.8) is 0 Å². The maximum Gasteiger partial charge on any atom is 0.501 e. The fraction of sp³-hybridized carbons (Fsp3) is 0.167. The maximum absolute atomic E-state index is 12.9. The van der Waals surface area contributed by atoms with Crippen LogP contribution < -0.4 is 10.1 Å². The zero-order valence-electron chi connectivity index (χ0n) is 15.5. The number of pyridine rings is 1. The molecule has 2 heterocycles. The fourth-order valence-electron chi connectivity index (χ4n) is 2.47. The summed E-state index contributed by atoms with van der Waals surface area (Å²) < 4.78 is 67.0. The number of rotatable bonds is 5. The Bertz CT molecular complexity index is 1190. The normalized spacial score (nSPS) is 11.9. The largest absolute Gasteiger partial charge is 0.501 e. The molecular weight excluding hydrogens is 443 g/mol. The molecule has 158 valence electrons. The Labute approximate surface area is 173 Å². The number of aromatic nitrogens is 2. The number of hydrogen-bond donors (Lipinski definition) is 1. The average molecular weight is 457 g/mol. The lowest BCUT2D eigenvalue weighted by atomic mass is 10.2. The van der Waals surface area contributed by atoms with Crippen LogP contribution in [0.5, 0.6) is 5.75 Å². The number of nitrogens with one attached hydrogen (secondary N) is 1. The van der Waals surface area contributed by atoms with Gasteiger partial charge in [-0.15, -0.1) is 11.3 Å². The van der Waals surface area contributed by atoms with Gasteiger partial charge in [-0.1, -0.05) is 6.07 Å². The summed E-state index contributed by atoms with van der Waals surface area (Å²) in [6.45, 7) is 1.60. The van der Waals surface area contributed by atoms with Gasteiger partial charge < -0.3 is 10.1 Å². The minimum Gasteiger partial charge on any atom is -0.495 e. The molecule has 0 aliphatic heterocycles. The Hall–Kier alpha value is -2.99. The van der Waals surface area contributed by atoms with Gasteiger partial charge in [-0.3, -0.25) is 9.78 Å². The summed E-state index contributed by atoms with van der Waals surface area (Å²) in [6, 6.07) is 7.70. The third kappa shape index (κ3) is 4.14. The van der Waals surface area contributed by atoms with E-state index in [9.17, 15) is 26.4 Å². The molecular formula is C18H14F3N3O4S2. The SMILES string of the molecule is COc1ccc(S(=O)(=O)C(F)(F)F)cc1NC(=O)c1sc(-c2ccccn2)nc1C. The number of amides is 1. The monoisotopic (exact) mass is 457 g/mol. The topological polar surface area (TPSA) is 98.2 Å². The van der Waals surface area contributed by atoms with E-state index in [0.717, 1.165) is 23.5 Å². The highest BCUT2D eigenvalue weighted by Crippen LogP contribution is 2.35. The van der Waals surface area contributed by atoms with Gasteiger partial charge in [0.05, 0.1) is 29.1 Å². The zero-order valence-corrected chi connectivity index (χ0v) is 17.2. The standard InChI is InChI=1S/C18H14F3N3O4S2/c1-10-15(29-17(23-10)12-5-3-4-8-22-12)16(25)24-13-9-11(6-7-14(13)28-2)30(26,27)18(19,20)21/h3-9H,1-2H3,(H,24,25). The number of ether oxygens (including phenoxy) is 1. The molecule has 0 aliphatic carbocycles. The number of sulfone groups is 1. The van der Waals surface area contributed by atoms with Crippen LogP contribution in [-0.2, 0) is 9.84 Å². The van der Waals surface area contributed by atoms with Crippen molar-refractivity contribution in [1.29, 1.82) is 0 Å². The molecule has 2 aromatic heterocycles. The number of aryl methyl sites for hydroxylation is 1. The Kier molecular flexibility index (Phi) is 5.81. The lowest BCUT2D eigenvalue weighted by molar-refractivity contribution is -0.0436. The van der Waals surface area contributed by atoms with Gasteiger partial charge in [0.1, 0.15) is 15.6 Å².